The van der Waals surface area contributed by atoms with Gasteiger partial charge in [-0.05, 0) is 30.7 Å². The van der Waals surface area contributed by atoms with E-state index in [1.165, 1.54) is 0 Å². The average molecular weight is 378 g/mol. The maximum absolute atomic E-state index is 13.4. The van der Waals surface area contributed by atoms with Crippen molar-refractivity contribution >= 4 is 23.6 Å². The maximum atomic E-state index is 13.4. The van der Waals surface area contributed by atoms with Crippen molar-refractivity contribution in [3.8, 4) is 11.5 Å². The number of likely N-dealkylation sites (N-methyl/N-ethyl adjacent to an activating group) is 1. The average Bonchev–Trinajstić information content (AvgIpc) is 3.12. The largest absolute Gasteiger partial charge is 0.490 e. The maximum Gasteiger partial charge on any atom is 0.258 e. The molecule has 4 rings (SSSR count). The van der Waals surface area contributed by atoms with E-state index in [0.717, 1.165) is 16.8 Å². The number of hydrogen-bond acceptors (Lipinski definition) is 4. The highest BCUT2D eigenvalue weighted by Crippen LogP contribution is 2.38. The van der Waals surface area contributed by atoms with Crippen molar-refractivity contribution < 1.29 is 19.1 Å². The second-order valence-corrected chi connectivity index (χ2v) is 6.70. The molecule has 6 heteroatoms. The van der Waals surface area contributed by atoms with Crippen LogP contribution < -0.4 is 19.7 Å². The molecule has 0 aromatic heterocycles. The third-order valence-electron chi connectivity index (χ3n) is 5.03. The van der Waals surface area contributed by atoms with Crippen LogP contribution in [0.1, 0.15) is 18.1 Å². The summed E-state index contributed by atoms with van der Waals surface area (Å²) < 4.78 is 11.5. The minimum absolute atomic E-state index is 0.134. The van der Waals surface area contributed by atoms with Crippen molar-refractivity contribution in [2.45, 2.75) is 19.4 Å². The topological polar surface area (TPSA) is 67.9 Å². The van der Waals surface area contributed by atoms with Gasteiger partial charge < -0.3 is 14.8 Å². The number of para-hydroxylation sites is 2. The first-order valence-corrected chi connectivity index (χ1v) is 9.36. The summed E-state index contributed by atoms with van der Waals surface area (Å²) in [5.41, 5.74) is 3.06. The first kappa shape index (κ1) is 18.1. The molecule has 1 N–H and O–H groups in total. The number of ether oxygens (including phenoxy) is 2. The van der Waals surface area contributed by atoms with Crippen LogP contribution in [-0.2, 0) is 16.0 Å². The third-order valence-corrected chi connectivity index (χ3v) is 5.03. The van der Waals surface area contributed by atoms with E-state index < -0.39 is 6.04 Å². The molecule has 0 aliphatic carbocycles. The summed E-state index contributed by atoms with van der Waals surface area (Å²) in [7, 11) is 1.59. The number of anilines is 1. The van der Waals surface area contributed by atoms with Crippen LogP contribution in [-0.4, -0.2) is 38.1 Å². The van der Waals surface area contributed by atoms with Crippen molar-refractivity contribution in [3.05, 3.63) is 59.2 Å². The molecule has 2 aromatic rings. The zero-order valence-corrected chi connectivity index (χ0v) is 15.9. The van der Waals surface area contributed by atoms with Gasteiger partial charge in [0, 0.05) is 24.7 Å². The van der Waals surface area contributed by atoms with Crippen LogP contribution in [0.5, 0.6) is 11.5 Å². The van der Waals surface area contributed by atoms with E-state index in [0.29, 0.717) is 30.1 Å². The van der Waals surface area contributed by atoms with Crippen molar-refractivity contribution in [2.75, 3.05) is 25.2 Å². The van der Waals surface area contributed by atoms with E-state index in [2.05, 4.69) is 5.32 Å². The lowest BCUT2D eigenvalue weighted by atomic mass is 10.1. The first-order chi connectivity index (χ1) is 13.6. The summed E-state index contributed by atoms with van der Waals surface area (Å²) in [4.78, 5) is 27.4. The van der Waals surface area contributed by atoms with Crippen LogP contribution >= 0.6 is 0 Å². The third kappa shape index (κ3) is 3.01. The zero-order valence-electron chi connectivity index (χ0n) is 15.9. The van der Waals surface area contributed by atoms with E-state index >= 15 is 0 Å². The van der Waals surface area contributed by atoms with Gasteiger partial charge >= 0.3 is 0 Å². The molecule has 2 aliphatic rings. The standard InChI is InChI=1S/C22H22N2O4/c1-3-27-19-10-6-8-15-11-16(13-28-20(15)19)22(26)24-17-9-5-4-7-14(17)12-18(24)21(25)23-2/h4-11,18H,3,12-13H2,1-2H3,(H,23,25). The van der Waals surface area contributed by atoms with E-state index in [1.54, 1.807) is 11.9 Å². The van der Waals surface area contributed by atoms with Gasteiger partial charge in [-0.3, -0.25) is 14.5 Å². The Bertz CT molecular complexity index is 967. The number of rotatable bonds is 4. The predicted octanol–water partition coefficient (Wildman–Crippen LogP) is 2.57. The van der Waals surface area contributed by atoms with Crippen LogP contribution in [0.15, 0.2) is 48.0 Å². The lowest BCUT2D eigenvalue weighted by molar-refractivity contribution is -0.124. The normalized spacial score (nSPS) is 17.1. The fraction of sp³-hybridized carbons (Fsp3) is 0.273. The second-order valence-electron chi connectivity index (χ2n) is 6.70. The molecule has 2 aliphatic heterocycles. The molecule has 0 fully saturated rings. The fourth-order valence-electron chi connectivity index (χ4n) is 3.74. The van der Waals surface area contributed by atoms with E-state index in [-0.39, 0.29) is 18.4 Å². The number of carbonyl (C=O) groups is 2. The summed E-state index contributed by atoms with van der Waals surface area (Å²) in [5.74, 6) is 0.912. The number of fused-ring (bicyclic) bond motifs is 2. The van der Waals surface area contributed by atoms with Gasteiger partial charge in [0.2, 0.25) is 5.91 Å². The van der Waals surface area contributed by atoms with Gasteiger partial charge in [0.1, 0.15) is 12.6 Å². The highest BCUT2D eigenvalue weighted by Gasteiger charge is 2.39. The predicted molar refractivity (Wildman–Crippen MR) is 107 cm³/mol. The monoisotopic (exact) mass is 378 g/mol. The Balaban J connectivity index is 1.70. The molecule has 2 amide bonds. The lowest BCUT2D eigenvalue weighted by Crippen LogP contribution is -2.48. The van der Waals surface area contributed by atoms with Crippen LogP contribution in [0, 0.1) is 0 Å². The molecule has 144 valence electrons. The Morgan fingerprint density at radius 1 is 1.21 bits per heavy atom. The molecule has 0 saturated carbocycles. The Morgan fingerprint density at radius 2 is 2.04 bits per heavy atom. The molecule has 0 bridgehead atoms. The molecular weight excluding hydrogens is 356 g/mol. The highest BCUT2D eigenvalue weighted by atomic mass is 16.5. The quantitative estimate of drug-likeness (QED) is 0.888. The lowest BCUT2D eigenvalue weighted by Gasteiger charge is -2.27. The minimum atomic E-state index is -0.563. The number of amides is 2. The summed E-state index contributed by atoms with van der Waals surface area (Å²) in [5, 5.41) is 2.67. The van der Waals surface area contributed by atoms with Gasteiger partial charge in [-0.15, -0.1) is 0 Å². The summed E-state index contributed by atoms with van der Waals surface area (Å²) in [6, 6.07) is 12.7. The summed E-state index contributed by atoms with van der Waals surface area (Å²) >= 11 is 0. The molecular formula is C22H22N2O4. The van der Waals surface area contributed by atoms with Crippen molar-refractivity contribution in [1.82, 2.24) is 5.32 Å². The number of nitrogens with one attached hydrogen (secondary N) is 1. The summed E-state index contributed by atoms with van der Waals surface area (Å²) in [6.45, 7) is 2.58. The van der Waals surface area contributed by atoms with Crippen LogP contribution in [0.3, 0.4) is 0 Å². The Labute approximate surface area is 163 Å². The number of benzene rings is 2. The Kier molecular flexibility index (Phi) is 4.77. The number of carbonyl (C=O) groups excluding carboxylic acids is 2. The second kappa shape index (κ2) is 7.38. The minimum Gasteiger partial charge on any atom is -0.490 e. The Hall–Kier alpha value is -3.28. The fourth-order valence-corrected chi connectivity index (χ4v) is 3.74. The van der Waals surface area contributed by atoms with E-state index in [9.17, 15) is 9.59 Å². The van der Waals surface area contributed by atoms with Gasteiger partial charge in [0.25, 0.3) is 5.91 Å². The number of nitrogens with zero attached hydrogens (tertiary/aromatic N) is 1. The first-order valence-electron chi connectivity index (χ1n) is 9.36. The SMILES string of the molecule is CCOc1cccc2c1OCC(C(=O)N1c3ccccc3CC1C(=O)NC)=C2. The van der Waals surface area contributed by atoms with Gasteiger partial charge in [-0.25, -0.2) is 0 Å². The highest BCUT2D eigenvalue weighted by molar-refractivity contribution is 6.13. The molecule has 28 heavy (non-hydrogen) atoms. The molecule has 1 atom stereocenters. The molecule has 0 saturated heterocycles. The van der Waals surface area contributed by atoms with Crippen LogP contribution in [0.2, 0.25) is 0 Å². The van der Waals surface area contributed by atoms with Crippen molar-refractivity contribution in [2.24, 2.45) is 0 Å². The molecule has 0 radical (unpaired) electrons. The van der Waals surface area contributed by atoms with Gasteiger partial charge in [0.15, 0.2) is 11.5 Å². The molecule has 2 aromatic carbocycles. The molecule has 1 unspecified atom stereocenters. The summed E-state index contributed by atoms with van der Waals surface area (Å²) in [6.07, 6.45) is 2.33. The molecule has 6 nitrogen and oxygen atoms in total. The van der Waals surface area contributed by atoms with Gasteiger partial charge in [-0.1, -0.05) is 30.3 Å². The number of hydrogen-bond donors (Lipinski definition) is 1. The van der Waals surface area contributed by atoms with Crippen molar-refractivity contribution in [3.63, 3.8) is 0 Å². The molecule has 2 heterocycles. The Morgan fingerprint density at radius 3 is 2.82 bits per heavy atom. The van der Waals surface area contributed by atoms with Gasteiger partial charge in [-0.2, -0.15) is 0 Å². The van der Waals surface area contributed by atoms with Crippen molar-refractivity contribution in [1.29, 1.82) is 0 Å². The van der Waals surface area contributed by atoms with Crippen LogP contribution in [0.25, 0.3) is 6.08 Å². The molecule has 0 spiro atoms. The van der Waals surface area contributed by atoms with Gasteiger partial charge in [0.05, 0.1) is 12.2 Å². The smallest absolute Gasteiger partial charge is 0.258 e. The van der Waals surface area contributed by atoms with E-state index in [1.807, 2.05) is 55.5 Å². The zero-order chi connectivity index (χ0) is 19.7. The van der Waals surface area contributed by atoms with E-state index in [4.69, 9.17) is 9.47 Å². The van der Waals surface area contributed by atoms with Crippen LogP contribution in [0.4, 0.5) is 5.69 Å².